The van der Waals surface area contributed by atoms with E-state index >= 15 is 0 Å². The number of carbonyl (C=O) groups excluding carboxylic acids is 2. The van der Waals surface area contributed by atoms with Crippen LogP contribution in [0, 0.1) is 0 Å². The summed E-state index contributed by atoms with van der Waals surface area (Å²) in [6.07, 6.45) is 5.95. The molecule has 1 aromatic carbocycles. The molecule has 1 aromatic rings. The molecule has 0 bridgehead atoms. The summed E-state index contributed by atoms with van der Waals surface area (Å²) in [7, 11) is 0. The lowest BCUT2D eigenvalue weighted by Crippen LogP contribution is -1.97. The van der Waals surface area contributed by atoms with E-state index in [-0.39, 0.29) is 0 Å². The molecule has 88 valence electrons. The van der Waals surface area contributed by atoms with E-state index in [1.165, 1.54) is 0 Å². The van der Waals surface area contributed by atoms with Gasteiger partial charge in [0, 0.05) is 0 Å². The van der Waals surface area contributed by atoms with Gasteiger partial charge in [0.15, 0.2) is 0 Å². The molecule has 0 saturated heterocycles. The third-order valence-corrected chi connectivity index (χ3v) is 2.83. The zero-order chi connectivity index (χ0) is 12.3. The van der Waals surface area contributed by atoms with Crippen LogP contribution in [0.25, 0.3) is 0 Å². The Bertz CT molecular complexity index is 474. The third-order valence-electron chi connectivity index (χ3n) is 2.83. The Balaban J connectivity index is 2.06. The molecule has 0 N–H and O–H groups in total. The van der Waals surface area contributed by atoms with E-state index in [1.54, 1.807) is 12.1 Å². The average Bonchev–Trinajstić information content (AvgIpc) is 2.61. The molecule has 1 heterocycles. The van der Waals surface area contributed by atoms with Gasteiger partial charge in [-0.2, -0.15) is 0 Å². The molecule has 0 saturated carbocycles. The fourth-order valence-corrected chi connectivity index (χ4v) is 1.91. The first-order valence-corrected chi connectivity index (χ1v) is 5.72. The Kier molecular flexibility index (Phi) is 3.38. The van der Waals surface area contributed by atoms with E-state index in [4.69, 9.17) is 0 Å². The monoisotopic (exact) mass is 230 g/mol. The Morgan fingerprint density at radius 2 is 1.88 bits per heavy atom. The number of allylic oxidation sites excluding steroid dienone is 1. The van der Waals surface area contributed by atoms with Crippen molar-refractivity contribution < 1.29 is 14.3 Å². The zero-order valence-corrected chi connectivity index (χ0v) is 9.57. The van der Waals surface area contributed by atoms with Crippen molar-refractivity contribution in [2.24, 2.45) is 0 Å². The first kappa shape index (κ1) is 11.6. The summed E-state index contributed by atoms with van der Waals surface area (Å²) in [5.41, 5.74) is 1.85. The van der Waals surface area contributed by atoms with Crippen molar-refractivity contribution in [3.63, 3.8) is 0 Å². The van der Waals surface area contributed by atoms with Gasteiger partial charge in [-0.25, -0.2) is 9.59 Å². The van der Waals surface area contributed by atoms with Gasteiger partial charge in [0.1, 0.15) is 0 Å². The van der Waals surface area contributed by atoms with Crippen LogP contribution in [-0.2, 0) is 11.2 Å². The molecule has 17 heavy (non-hydrogen) atoms. The van der Waals surface area contributed by atoms with Gasteiger partial charge in [0.05, 0.1) is 11.1 Å². The molecule has 0 unspecified atom stereocenters. The van der Waals surface area contributed by atoms with Crippen molar-refractivity contribution in [1.82, 2.24) is 0 Å². The Morgan fingerprint density at radius 1 is 1.12 bits per heavy atom. The van der Waals surface area contributed by atoms with Gasteiger partial charge in [-0.3, -0.25) is 0 Å². The summed E-state index contributed by atoms with van der Waals surface area (Å²) in [4.78, 5) is 22.6. The van der Waals surface area contributed by atoms with E-state index in [1.807, 2.05) is 12.1 Å². The molecule has 0 atom stereocenters. The molecule has 0 fully saturated rings. The number of benzene rings is 1. The zero-order valence-electron chi connectivity index (χ0n) is 9.57. The summed E-state index contributed by atoms with van der Waals surface area (Å²) >= 11 is 0. The van der Waals surface area contributed by atoms with Gasteiger partial charge in [0.25, 0.3) is 0 Å². The summed E-state index contributed by atoms with van der Waals surface area (Å²) in [6, 6.07) is 5.31. The average molecular weight is 230 g/mol. The van der Waals surface area contributed by atoms with Crippen LogP contribution in [0.3, 0.4) is 0 Å². The molecule has 1 aliphatic heterocycles. The predicted molar refractivity (Wildman–Crippen MR) is 63.9 cm³/mol. The van der Waals surface area contributed by atoms with Gasteiger partial charge in [-0.15, -0.1) is 6.58 Å². The number of ether oxygens (including phenoxy) is 1. The van der Waals surface area contributed by atoms with Gasteiger partial charge < -0.3 is 4.74 Å². The minimum atomic E-state index is -0.539. The highest BCUT2D eigenvalue weighted by molar-refractivity contribution is 6.14. The maximum atomic E-state index is 11.3. The number of aryl methyl sites for hydroxylation is 1. The van der Waals surface area contributed by atoms with E-state index in [9.17, 15) is 9.59 Å². The van der Waals surface area contributed by atoms with E-state index in [2.05, 4.69) is 11.3 Å². The molecule has 0 radical (unpaired) electrons. The first-order valence-electron chi connectivity index (χ1n) is 5.72. The number of carbonyl (C=O) groups is 2. The molecular formula is C14H14O3. The number of hydrogen-bond acceptors (Lipinski definition) is 3. The maximum Gasteiger partial charge on any atom is 0.346 e. The predicted octanol–water partition coefficient (Wildman–Crippen LogP) is 2.90. The van der Waals surface area contributed by atoms with Crippen molar-refractivity contribution >= 4 is 11.9 Å². The molecule has 0 spiro atoms. The number of fused-ring (bicyclic) bond motifs is 1. The summed E-state index contributed by atoms with van der Waals surface area (Å²) in [5, 5.41) is 0. The molecule has 1 aliphatic rings. The largest absolute Gasteiger partial charge is 0.386 e. The van der Waals surface area contributed by atoms with Crippen LogP contribution >= 0.6 is 0 Å². The lowest BCUT2D eigenvalue weighted by molar-refractivity contribution is 0.0444. The van der Waals surface area contributed by atoms with Crippen LogP contribution in [0.5, 0.6) is 0 Å². The Labute approximate surface area is 100 Å². The standard InChI is InChI=1S/C14H14O3/c1-2-3-4-5-6-10-7-8-11-12(9-10)14(16)17-13(11)15/h2,7-9H,1,3-6H2. The lowest BCUT2D eigenvalue weighted by Gasteiger charge is -2.01. The van der Waals surface area contributed by atoms with Crippen LogP contribution < -0.4 is 0 Å². The topological polar surface area (TPSA) is 43.4 Å². The third kappa shape index (κ3) is 2.44. The number of hydrogen-bond donors (Lipinski definition) is 0. The summed E-state index contributed by atoms with van der Waals surface area (Å²) in [5.74, 6) is -1.07. The fraction of sp³-hybridized carbons (Fsp3) is 0.286. The van der Waals surface area contributed by atoms with Crippen molar-refractivity contribution in [3.8, 4) is 0 Å². The van der Waals surface area contributed by atoms with Gasteiger partial charge >= 0.3 is 11.9 Å². The van der Waals surface area contributed by atoms with Crippen LogP contribution in [0.4, 0.5) is 0 Å². The van der Waals surface area contributed by atoms with Crippen molar-refractivity contribution in [2.45, 2.75) is 25.7 Å². The molecule has 0 amide bonds. The second kappa shape index (κ2) is 4.95. The molecule has 3 nitrogen and oxygen atoms in total. The number of esters is 2. The lowest BCUT2D eigenvalue weighted by atomic mass is 10.0. The van der Waals surface area contributed by atoms with Crippen molar-refractivity contribution in [1.29, 1.82) is 0 Å². The minimum absolute atomic E-state index is 0.379. The highest BCUT2D eigenvalue weighted by Crippen LogP contribution is 2.22. The van der Waals surface area contributed by atoms with Gasteiger partial charge in [-0.05, 0) is 43.4 Å². The molecule has 0 aliphatic carbocycles. The number of rotatable bonds is 5. The minimum Gasteiger partial charge on any atom is -0.386 e. The quantitative estimate of drug-likeness (QED) is 0.338. The second-order valence-corrected chi connectivity index (χ2v) is 4.09. The summed E-state index contributed by atoms with van der Waals surface area (Å²) in [6.45, 7) is 3.67. The fourth-order valence-electron chi connectivity index (χ4n) is 1.91. The normalized spacial score (nSPS) is 13.4. The second-order valence-electron chi connectivity index (χ2n) is 4.09. The van der Waals surface area contributed by atoms with Crippen LogP contribution in [0.2, 0.25) is 0 Å². The number of cyclic esters (lactones) is 2. The molecule has 0 aromatic heterocycles. The number of unbranched alkanes of at least 4 members (excludes halogenated alkanes) is 2. The van der Waals surface area contributed by atoms with Gasteiger partial charge in [-0.1, -0.05) is 12.1 Å². The molecular weight excluding hydrogens is 216 g/mol. The highest BCUT2D eigenvalue weighted by Gasteiger charge is 2.29. The van der Waals surface area contributed by atoms with Crippen molar-refractivity contribution in [2.75, 3.05) is 0 Å². The summed E-state index contributed by atoms with van der Waals surface area (Å²) < 4.78 is 4.54. The Morgan fingerprint density at radius 3 is 2.65 bits per heavy atom. The smallest absolute Gasteiger partial charge is 0.346 e. The highest BCUT2D eigenvalue weighted by atomic mass is 16.6. The molecule has 2 rings (SSSR count). The van der Waals surface area contributed by atoms with Crippen molar-refractivity contribution in [3.05, 3.63) is 47.5 Å². The maximum absolute atomic E-state index is 11.3. The van der Waals surface area contributed by atoms with E-state index in [0.717, 1.165) is 31.2 Å². The van der Waals surface area contributed by atoms with Crippen LogP contribution in [-0.4, -0.2) is 11.9 Å². The van der Waals surface area contributed by atoms with Gasteiger partial charge in [0.2, 0.25) is 0 Å². The van der Waals surface area contributed by atoms with E-state index in [0.29, 0.717) is 11.1 Å². The SMILES string of the molecule is C=CCCCCc1ccc2c(c1)C(=O)OC2=O. The van der Waals surface area contributed by atoms with Crippen LogP contribution in [0.15, 0.2) is 30.9 Å². The molecule has 3 heteroatoms. The van der Waals surface area contributed by atoms with E-state index < -0.39 is 11.9 Å². The first-order chi connectivity index (χ1) is 8.22. The van der Waals surface area contributed by atoms with Crippen LogP contribution in [0.1, 0.15) is 45.5 Å². The Hall–Kier alpha value is -1.90.